The zero-order valence-corrected chi connectivity index (χ0v) is 21.6. The van der Waals surface area contributed by atoms with Crippen molar-refractivity contribution in [1.82, 2.24) is 10.6 Å². The molecule has 2 nitrogen and oxygen atoms in total. The molecule has 0 aromatic heterocycles. The van der Waals surface area contributed by atoms with Gasteiger partial charge in [0.2, 0.25) is 0 Å². The van der Waals surface area contributed by atoms with Crippen molar-refractivity contribution >= 4 is 0 Å². The van der Waals surface area contributed by atoms with Gasteiger partial charge in [0.25, 0.3) is 0 Å². The van der Waals surface area contributed by atoms with Crippen molar-refractivity contribution in [3.8, 4) is 0 Å². The van der Waals surface area contributed by atoms with Crippen LogP contribution in [-0.2, 0) is 0 Å². The molecule has 2 unspecified atom stereocenters. The Morgan fingerprint density at radius 1 is 1.06 bits per heavy atom. The number of unbranched alkanes of at least 4 members (excludes halogenated alkanes) is 2. The van der Waals surface area contributed by atoms with Crippen LogP contribution >= 0.6 is 0 Å². The third-order valence-corrected chi connectivity index (χ3v) is 5.67. The summed E-state index contributed by atoms with van der Waals surface area (Å²) in [5.74, 6) is 0.535. The molecule has 0 saturated carbocycles. The Morgan fingerprint density at radius 2 is 1.84 bits per heavy atom. The SMILES string of the molecule is C=C(CCC\C=C(C)/C(=C\C=C/C)CC(/C=C\CC)CNC)NC(CCC)CCCC. The molecule has 0 spiro atoms. The molecular weight excluding hydrogens is 376 g/mol. The van der Waals surface area contributed by atoms with E-state index in [1.165, 1.54) is 48.9 Å². The average molecular weight is 429 g/mol. The van der Waals surface area contributed by atoms with Gasteiger partial charge in [0.05, 0.1) is 0 Å². The van der Waals surface area contributed by atoms with Crippen molar-refractivity contribution < 1.29 is 0 Å². The van der Waals surface area contributed by atoms with Gasteiger partial charge in [-0.1, -0.05) is 88.6 Å². The van der Waals surface area contributed by atoms with Crippen LogP contribution in [0, 0.1) is 5.92 Å². The summed E-state index contributed by atoms with van der Waals surface area (Å²) in [7, 11) is 2.04. The fourth-order valence-electron chi connectivity index (χ4n) is 3.87. The third kappa shape index (κ3) is 15.8. The van der Waals surface area contributed by atoms with Crippen molar-refractivity contribution in [3.63, 3.8) is 0 Å². The van der Waals surface area contributed by atoms with Gasteiger partial charge >= 0.3 is 0 Å². The monoisotopic (exact) mass is 428 g/mol. The lowest BCUT2D eigenvalue weighted by Crippen LogP contribution is -2.27. The van der Waals surface area contributed by atoms with E-state index in [4.69, 9.17) is 0 Å². The third-order valence-electron chi connectivity index (χ3n) is 5.67. The maximum atomic E-state index is 4.30. The molecule has 0 aromatic rings. The first-order valence-electron chi connectivity index (χ1n) is 12.8. The second kappa shape index (κ2) is 20.4. The molecule has 0 aliphatic rings. The second-order valence-electron chi connectivity index (χ2n) is 8.73. The van der Waals surface area contributed by atoms with Crippen molar-refractivity contribution in [2.45, 2.75) is 105 Å². The van der Waals surface area contributed by atoms with E-state index in [9.17, 15) is 0 Å². The molecule has 0 aromatic carbocycles. The topological polar surface area (TPSA) is 24.1 Å². The Hall–Kier alpha value is -1.54. The summed E-state index contributed by atoms with van der Waals surface area (Å²) in [6.07, 6.45) is 25.5. The van der Waals surface area contributed by atoms with Crippen LogP contribution in [-0.4, -0.2) is 19.6 Å². The number of hydrogen-bond acceptors (Lipinski definition) is 2. The van der Waals surface area contributed by atoms with E-state index in [1.54, 1.807) is 0 Å². The first kappa shape index (κ1) is 29.5. The van der Waals surface area contributed by atoms with Crippen LogP contribution in [0.15, 0.2) is 59.9 Å². The van der Waals surface area contributed by atoms with Crippen LogP contribution in [0.5, 0.6) is 0 Å². The summed E-state index contributed by atoms with van der Waals surface area (Å²) in [6, 6.07) is 0.602. The highest BCUT2D eigenvalue weighted by Gasteiger charge is 2.09. The molecule has 0 amide bonds. The highest BCUT2D eigenvalue weighted by molar-refractivity contribution is 5.33. The highest BCUT2D eigenvalue weighted by atomic mass is 14.9. The van der Waals surface area contributed by atoms with E-state index in [1.807, 2.05) is 7.05 Å². The molecule has 0 heterocycles. The molecule has 0 aliphatic carbocycles. The minimum absolute atomic E-state index is 0.535. The van der Waals surface area contributed by atoms with Crippen molar-refractivity contribution in [1.29, 1.82) is 0 Å². The molecule has 2 N–H and O–H groups in total. The Kier molecular flexibility index (Phi) is 19.4. The summed E-state index contributed by atoms with van der Waals surface area (Å²) < 4.78 is 0. The summed E-state index contributed by atoms with van der Waals surface area (Å²) in [5.41, 5.74) is 4.07. The molecular formula is C29H52N2. The molecule has 2 atom stereocenters. The minimum atomic E-state index is 0.535. The number of hydrogen-bond donors (Lipinski definition) is 2. The first-order chi connectivity index (χ1) is 15.0. The number of allylic oxidation sites excluding steroid dienone is 8. The lowest BCUT2D eigenvalue weighted by atomic mass is 9.92. The minimum Gasteiger partial charge on any atom is -0.386 e. The first-order valence-corrected chi connectivity index (χ1v) is 12.8. The molecule has 0 saturated heterocycles. The van der Waals surface area contributed by atoms with Crippen LogP contribution in [0.3, 0.4) is 0 Å². The summed E-state index contributed by atoms with van der Waals surface area (Å²) in [5, 5.41) is 7.05. The quantitative estimate of drug-likeness (QED) is 0.123. The molecule has 2 heteroatoms. The smallest absolute Gasteiger partial charge is 0.0257 e. The summed E-state index contributed by atoms with van der Waals surface area (Å²) in [6.45, 7) is 16.4. The lowest BCUT2D eigenvalue weighted by molar-refractivity contribution is 0.462. The number of rotatable bonds is 19. The van der Waals surface area contributed by atoms with Gasteiger partial charge in [0, 0.05) is 18.3 Å². The Balaban J connectivity index is 4.79. The Labute approximate surface area is 195 Å². The molecule has 178 valence electrons. The van der Waals surface area contributed by atoms with E-state index in [0.29, 0.717) is 12.0 Å². The molecule has 0 fully saturated rings. The van der Waals surface area contributed by atoms with Crippen molar-refractivity contribution in [2.75, 3.05) is 13.6 Å². The Bertz CT molecular complexity index is 565. The van der Waals surface area contributed by atoms with Gasteiger partial charge in [-0.3, -0.25) is 0 Å². The molecule has 0 radical (unpaired) electrons. The fourth-order valence-corrected chi connectivity index (χ4v) is 3.87. The van der Waals surface area contributed by atoms with Crippen LogP contribution in [0.25, 0.3) is 0 Å². The maximum Gasteiger partial charge on any atom is 0.0257 e. The van der Waals surface area contributed by atoms with Crippen LogP contribution in [0.4, 0.5) is 0 Å². The molecule has 0 bridgehead atoms. The zero-order valence-electron chi connectivity index (χ0n) is 21.6. The largest absolute Gasteiger partial charge is 0.386 e. The molecule has 31 heavy (non-hydrogen) atoms. The average Bonchev–Trinajstić information content (AvgIpc) is 2.76. The second-order valence-corrected chi connectivity index (χ2v) is 8.73. The van der Waals surface area contributed by atoms with Crippen molar-refractivity contribution in [3.05, 3.63) is 59.9 Å². The molecule has 0 aliphatic heterocycles. The standard InChI is InChI=1S/C29H52N2/c1-8-12-20-27(24-30-7)23-28(21-13-9-2)25(5)18-15-16-19-26(6)31-29(17-11-4)22-14-10-3/h9,12-13,18,20-21,27,29-31H,6,8,10-11,14-17,19,22-24H2,1-5,7H3/b13-9-,20-12-,25-18-,28-21-. The maximum absolute atomic E-state index is 4.30. The van der Waals surface area contributed by atoms with Gasteiger partial charge in [0.1, 0.15) is 0 Å². The van der Waals surface area contributed by atoms with Crippen LogP contribution in [0.2, 0.25) is 0 Å². The molecule has 0 rings (SSSR count). The predicted octanol–water partition coefficient (Wildman–Crippen LogP) is 8.26. The highest BCUT2D eigenvalue weighted by Crippen LogP contribution is 2.22. The summed E-state index contributed by atoms with van der Waals surface area (Å²) in [4.78, 5) is 0. The van der Waals surface area contributed by atoms with Gasteiger partial charge in [-0.15, -0.1) is 0 Å². The van der Waals surface area contributed by atoms with Gasteiger partial charge in [-0.25, -0.2) is 0 Å². The van der Waals surface area contributed by atoms with E-state index in [0.717, 1.165) is 38.6 Å². The van der Waals surface area contributed by atoms with E-state index in [2.05, 4.69) is 88.3 Å². The van der Waals surface area contributed by atoms with Crippen LogP contribution in [0.1, 0.15) is 98.8 Å². The van der Waals surface area contributed by atoms with E-state index >= 15 is 0 Å². The van der Waals surface area contributed by atoms with Crippen molar-refractivity contribution in [2.24, 2.45) is 5.92 Å². The summed E-state index contributed by atoms with van der Waals surface area (Å²) >= 11 is 0. The Morgan fingerprint density at radius 3 is 2.45 bits per heavy atom. The van der Waals surface area contributed by atoms with Crippen LogP contribution < -0.4 is 10.6 Å². The van der Waals surface area contributed by atoms with Gasteiger partial charge in [0.15, 0.2) is 0 Å². The lowest BCUT2D eigenvalue weighted by Gasteiger charge is -2.20. The zero-order chi connectivity index (χ0) is 23.3. The number of nitrogens with one attached hydrogen (secondary N) is 2. The fraction of sp³-hybridized carbons (Fsp3) is 0.655. The van der Waals surface area contributed by atoms with Gasteiger partial charge in [-0.05, 0) is 77.3 Å². The van der Waals surface area contributed by atoms with Gasteiger partial charge < -0.3 is 10.6 Å². The van der Waals surface area contributed by atoms with E-state index < -0.39 is 0 Å². The van der Waals surface area contributed by atoms with Gasteiger partial charge in [-0.2, -0.15) is 0 Å². The normalized spacial score (nSPS) is 15.0. The van der Waals surface area contributed by atoms with E-state index in [-0.39, 0.29) is 0 Å². The predicted molar refractivity (Wildman–Crippen MR) is 142 cm³/mol.